The summed E-state index contributed by atoms with van der Waals surface area (Å²) in [4.78, 5) is 14.8. The molecular formula is C8H9N7O2. The van der Waals surface area contributed by atoms with Crippen molar-refractivity contribution < 1.29 is 9.90 Å². The van der Waals surface area contributed by atoms with E-state index in [2.05, 4.69) is 30.9 Å². The SMILES string of the molecule is O=C(O)c1cn2c(n1)NC(c1nnn[nH]1)CC2. The maximum Gasteiger partial charge on any atom is 0.356 e. The molecule has 0 saturated carbocycles. The summed E-state index contributed by atoms with van der Waals surface area (Å²) in [6, 6.07) is -0.0680. The first-order valence-electron chi connectivity index (χ1n) is 5.04. The Labute approximate surface area is 94.9 Å². The van der Waals surface area contributed by atoms with Gasteiger partial charge in [-0.3, -0.25) is 0 Å². The number of imidazole rings is 1. The Morgan fingerprint density at radius 3 is 3.18 bits per heavy atom. The number of tetrazole rings is 1. The minimum absolute atomic E-state index is 0.0313. The highest BCUT2D eigenvalue weighted by Crippen LogP contribution is 2.25. The average molecular weight is 235 g/mol. The van der Waals surface area contributed by atoms with Crippen molar-refractivity contribution >= 4 is 11.9 Å². The Hall–Kier alpha value is -2.45. The van der Waals surface area contributed by atoms with Crippen molar-refractivity contribution in [3.63, 3.8) is 0 Å². The molecule has 2 aromatic heterocycles. The lowest BCUT2D eigenvalue weighted by Gasteiger charge is -2.22. The van der Waals surface area contributed by atoms with Crippen LogP contribution in [-0.2, 0) is 6.54 Å². The molecule has 0 fully saturated rings. The summed E-state index contributed by atoms with van der Waals surface area (Å²) in [7, 11) is 0. The smallest absolute Gasteiger partial charge is 0.356 e. The van der Waals surface area contributed by atoms with Crippen LogP contribution in [0.15, 0.2) is 6.20 Å². The number of carboxylic acid groups (broad SMARTS) is 1. The summed E-state index contributed by atoms with van der Waals surface area (Å²) in [5.41, 5.74) is 0.0313. The van der Waals surface area contributed by atoms with E-state index in [9.17, 15) is 4.79 Å². The van der Waals surface area contributed by atoms with Gasteiger partial charge >= 0.3 is 5.97 Å². The topological polar surface area (TPSA) is 122 Å². The fraction of sp³-hybridized carbons (Fsp3) is 0.375. The Balaban J connectivity index is 1.88. The van der Waals surface area contributed by atoms with Gasteiger partial charge in [0.2, 0.25) is 5.95 Å². The second kappa shape index (κ2) is 3.54. The number of hydrogen-bond donors (Lipinski definition) is 3. The van der Waals surface area contributed by atoms with E-state index >= 15 is 0 Å². The lowest BCUT2D eigenvalue weighted by Crippen LogP contribution is -2.22. The normalized spacial score (nSPS) is 18.5. The van der Waals surface area contributed by atoms with E-state index < -0.39 is 5.97 Å². The number of hydrogen-bond acceptors (Lipinski definition) is 6. The number of aromatic amines is 1. The van der Waals surface area contributed by atoms with Gasteiger partial charge in [-0.15, -0.1) is 5.10 Å². The molecule has 3 heterocycles. The molecule has 1 aliphatic heterocycles. The molecule has 1 atom stereocenters. The van der Waals surface area contributed by atoms with E-state index in [1.54, 1.807) is 4.57 Å². The second-order valence-electron chi connectivity index (χ2n) is 3.72. The van der Waals surface area contributed by atoms with Crippen LogP contribution in [0.3, 0.4) is 0 Å². The molecule has 3 N–H and O–H groups in total. The summed E-state index contributed by atoms with van der Waals surface area (Å²) < 4.78 is 1.77. The summed E-state index contributed by atoms with van der Waals surface area (Å²) in [6.07, 6.45) is 2.28. The van der Waals surface area contributed by atoms with Crippen LogP contribution in [0.25, 0.3) is 0 Å². The highest BCUT2D eigenvalue weighted by atomic mass is 16.4. The molecule has 0 bridgehead atoms. The molecule has 0 saturated heterocycles. The van der Waals surface area contributed by atoms with Crippen LogP contribution in [-0.4, -0.2) is 41.3 Å². The molecule has 88 valence electrons. The zero-order valence-electron chi connectivity index (χ0n) is 8.66. The van der Waals surface area contributed by atoms with Crippen LogP contribution in [0.2, 0.25) is 0 Å². The number of aromatic nitrogens is 6. The van der Waals surface area contributed by atoms with Gasteiger partial charge in [0, 0.05) is 12.7 Å². The van der Waals surface area contributed by atoms with Crippen molar-refractivity contribution in [1.82, 2.24) is 30.2 Å². The maximum atomic E-state index is 10.8. The summed E-state index contributed by atoms with van der Waals surface area (Å²) in [5, 5.41) is 25.4. The molecule has 17 heavy (non-hydrogen) atoms. The van der Waals surface area contributed by atoms with Crippen molar-refractivity contribution in [2.45, 2.75) is 19.0 Å². The van der Waals surface area contributed by atoms with Crippen molar-refractivity contribution in [2.24, 2.45) is 0 Å². The fourth-order valence-corrected chi connectivity index (χ4v) is 1.82. The number of nitrogens with zero attached hydrogens (tertiary/aromatic N) is 5. The predicted octanol–water partition coefficient (Wildman–Crippen LogP) is -0.349. The van der Waals surface area contributed by atoms with Crippen molar-refractivity contribution in [3.05, 3.63) is 17.7 Å². The molecule has 1 unspecified atom stereocenters. The van der Waals surface area contributed by atoms with Gasteiger partial charge in [-0.2, -0.15) is 0 Å². The molecule has 0 aromatic carbocycles. The lowest BCUT2D eigenvalue weighted by atomic mass is 10.2. The first kappa shape index (κ1) is 9.75. The standard InChI is InChI=1S/C8H9N7O2/c16-7(17)5-3-15-2-1-4(9-8(15)10-5)6-11-13-14-12-6/h3-4H,1-2H2,(H,9,10)(H,16,17)(H,11,12,13,14). The Bertz CT molecular complexity index is 546. The van der Waals surface area contributed by atoms with Gasteiger partial charge in [0.25, 0.3) is 0 Å². The van der Waals surface area contributed by atoms with Gasteiger partial charge in [0.1, 0.15) is 0 Å². The molecule has 3 rings (SSSR count). The number of anilines is 1. The minimum Gasteiger partial charge on any atom is -0.476 e. The quantitative estimate of drug-likeness (QED) is 0.650. The Kier molecular flexibility index (Phi) is 2.03. The van der Waals surface area contributed by atoms with Crippen LogP contribution >= 0.6 is 0 Å². The van der Waals surface area contributed by atoms with Gasteiger partial charge in [-0.05, 0) is 16.8 Å². The highest BCUT2D eigenvalue weighted by molar-refractivity contribution is 5.85. The summed E-state index contributed by atoms with van der Waals surface area (Å²) in [5.74, 6) is 0.109. The van der Waals surface area contributed by atoms with Crippen molar-refractivity contribution in [3.8, 4) is 0 Å². The molecule has 0 aliphatic carbocycles. The number of carbonyl (C=O) groups is 1. The van der Waals surface area contributed by atoms with Gasteiger partial charge in [0.15, 0.2) is 11.5 Å². The fourth-order valence-electron chi connectivity index (χ4n) is 1.82. The number of carboxylic acids is 1. The largest absolute Gasteiger partial charge is 0.476 e. The molecule has 0 spiro atoms. The molecule has 0 radical (unpaired) electrons. The molecule has 0 amide bonds. The molecular weight excluding hydrogens is 226 g/mol. The Morgan fingerprint density at radius 2 is 2.47 bits per heavy atom. The summed E-state index contributed by atoms with van der Waals surface area (Å²) >= 11 is 0. The lowest BCUT2D eigenvalue weighted by molar-refractivity contribution is 0.0691. The van der Waals surface area contributed by atoms with Gasteiger partial charge in [-0.1, -0.05) is 0 Å². The number of rotatable bonds is 2. The molecule has 9 heteroatoms. The zero-order valence-corrected chi connectivity index (χ0v) is 8.66. The molecule has 9 nitrogen and oxygen atoms in total. The van der Waals surface area contributed by atoms with Crippen LogP contribution in [0, 0.1) is 0 Å². The van der Waals surface area contributed by atoms with Gasteiger partial charge in [-0.25, -0.2) is 14.9 Å². The highest BCUT2D eigenvalue weighted by Gasteiger charge is 2.24. The number of nitrogens with one attached hydrogen (secondary N) is 2. The number of fused-ring (bicyclic) bond motifs is 1. The first-order chi connectivity index (χ1) is 8.24. The number of aryl methyl sites for hydroxylation is 1. The first-order valence-corrected chi connectivity index (χ1v) is 5.04. The third-order valence-corrected chi connectivity index (χ3v) is 2.65. The third kappa shape index (κ3) is 1.61. The van der Waals surface area contributed by atoms with Gasteiger partial charge in [0.05, 0.1) is 6.04 Å². The zero-order chi connectivity index (χ0) is 11.8. The van der Waals surface area contributed by atoms with E-state index in [4.69, 9.17) is 5.11 Å². The van der Waals surface area contributed by atoms with Crippen LogP contribution < -0.4 is 5.32 Å². The summed E-state index contributed by atoms with van der Waals surface area (Å²) in [6.45, 7) is 0.675. The molecule has 2 aromatic rings. The number of H-pyrrole nitrogens is 1. The second-order valence-corrected chi connectivity index (χ2v) is 3.72. The van der Waals surface area contributed by atoms with Crippen LogP contribution in [0.1, 0.15) is 28.8 Å². The molecule has 1 aliphatic rings. The van der Waals surface area contributed by atoms with E-state index in [1.807, 2.05) is 0 Å². The van der Waals surface area contributed by atoms with E-state index in [0.29, 0.717) is 18.3 Å². The van der Waals surface area contributed by atoms with E-state index in [0.717, 1.165) is 6.42 Å². The third-order valence-electron chi connectivity index (χ3n) is 2.65. The Morgan fingerprint density at radius 1 is 1.59 bits per heavy atom. The van der Waals surface area contributed by atoms with Crippen molar-refractivity contribution in [1.29, 1.82) is 0 Å². The van der Waals surface area contributed by atoms with Crippen LogP contribution in [0.5, 0.6) is 0 Å². The van der Waals surface area contributed by atoms with Gasteiger partial charge < -0.3 is 15.0 Å². The maximum absolute atomic E-state index is 10.8. The van der Waals surface area contributed by atoms with Crippen LogP contribution in [0.4, 0.5) is 5.95 Å². The minimum atomic E-state index is -1.04. The average Bonchev–Trinajstić information content (AvgIpc) is 2.97. The van der Waals surface area contributed by atoms with E-state index in [1.165, 1.54) is 6.20 Å². The van der Waals surface area contributed by atoms with Crippen molar-refractivity contribution in [2.75, 3.05) is 5.32 Å². The predicted molar refractivity (Wildman–Crippen MR) is 54.3 cm³/mol. The monoisotopic (exact) mass is 235 g/mol. The van der Waals surface area contributed by atoms with E-state index in [-0.39, 0.29) is 11.7 Å². The number of aromatic carboxylic acids is 1.